The van der Waals surface area contributed by atoms with Gasteiger partial charge in [0.15, 0.2) is 11.9 Å². The topological polar surface area (TPSA) is 93.3 Å². The van der Waals surface area contributed by atoms with Gasteiger partial charge in [0.2, 0.25) is 5.82 Å². The molecule has 4 atom stereocenters. The molecule has 0 radical (unpaired) electrons. The van der Waals surface area contributed by atoms with Crippen LogP contribution in [0.25, 0.3) is 11.2 Å². The maximum absolute atomic E-state index is 9.99. The predicted molar refractivity (Wildman–Crippen MR) is 69.6 cm³/mol. The molecule has 2 aromatic rings. The van der Waals surface area contributed by atoms with Gasteiger partial charge < -0.3 is 14.9 Å². The zero-order valence-electron chi connectivity index (χ0n) is 12.0. The minimum Gasteiger partial charge on any atom is -0.388 e. The summed E-state index contributed by atoms with van der Waals surface area (Å²) in [6.07, 6.45) is -1.95. The highest BCUT2D eigenvalue weighted by Crippen LogP contribution is 2.27. The van der Waals surface area contributed by atoms with Crippen molar-refractivity contribution in [3.05, 3.63) is 17.8 Å². The van der Waals surface area contributed by atoms with Gasteiger partial charge in [0, 0.05) is 0 Å². The van der Waals surface area contributed by atoms with E-state index in [0.717, 1.165) is 0 Å². The molecule has 7 heteroatoms. The second-order valence-electron chi connectivity index (χ2n) is 4.48. The Balaban J connectivity index is 2.13. The molecule has 1 aliphatic rings. The number of rotatable bonds is 1. The molecular weight excluding hydrogens is 260 g/mol. The van der Waals surface area contributed by atoms with E-state index in [1.165, 1.54) is 10.9 Å². The van der Waals surface area contributed by atoms with E-state index in [2.05, 4.69) is 26.8 Å². The first-order chi connectivity index (χ1) is 10.0. The summed E-state index contributed by atoms with van der Waals surface area (Å²) < 4.78 is 14.3. The molecule has 1 saturated heterocycles. The zero-order chi connectivity index (χ0) is 15.1. The van der Waals surface area contributed by atoms with Crippen LogP contribution in [0, 0.1) is 18.8 Å². The molecule has 0 aromatic carbocycles. The molecular formula is C13H14N4O3. The Morgan fingerprint density at radius 3 is 2.95 bits per heavy atom. The molecule has 0 amide bonds. The third kappa shape index (κ3) is 1.94. The van der Waals surface area contributed by atoms with Crippen LogP contribution in [-0.4, -0.2) is 48.5 Å². The van der Waals surface area contributed by atoms with Crippen LogP contribution in [-0.2, 0) is 4.74 Å². The number of hydrogen-bond donors (Lipinski definition) is 2. The highest BCUT2D eigenvalue weighted by Gasteiger charge is 2.36. The molecule has 1 fully saturated rings. The number of aliphatic hydroxyl groups is 2. The van der Waals surface area contributed by atoms with Gasteiger partial charge in [0.25, 0.3) is 0 Å². The summed E-state index contributed by atoms with van der Waals surface area (Å²) in [4.78, 5) is 12.7. The Labute approximate surface area is 116 Å². The third-order valence-electron chi connectivity index (χ3n) is 3.11. The second kappa shape index (κ2) is 4.83. The highest BCUT2D eigenvalue weighted by molar-refractivity contribution is 5.73. The number of aliphatic hydroxyl groups excluding tert-OH is 2. The lowest BCUT2D eigenvalue weighted by atomic mass is 10.2. The number of ether oxygens (including phenoxy) is 1. The highest BCUT2D eigenvalue weighted by atomic mass is 16.5. The largest absolute Gasteiger partial charge is 0.388 e. The monoisotopic (exact) mass is 275 g/mol. The van der Waals surface area contributed by atoms with Gasteiger partial charge in [-0.05, 0) is 19.8 Å². The van der Waals surface area contributed by atoms with E-state index in [1.807, 2.05) is 0 Å². The van der Waals surface area contributed by atoms with Crippen molar-refractivity contribution < 1.29 is 16.3 Å². The predicted octanol–water partition coefficient (Wildman–Crippen LogP) is -0.243. The lowest BCUT2D eigenvalue weighted by Gasteiger charge is -2.16. The van der Waals surface area contributed by atoms with Gasteiger partial charge in [-0.15, -0.1) is 0 Å². The Morgan fingerprint density at radius 2 is 2.30 bits per heavy atom. The lowest BCUT2D eigenvalue weighted by Crippen LogP contribution is -2.28. The van der Waals surface area contributed by atoms with Crippen LogP contribution in [0.3, 0.4) is 0 Å². The summed E-state index contributed by atoms with van der Waals surface area (Å²) in [5.41, 5.74) is 1.67. The first kappa shape index (κ1) is 11.8. The first-order valence-corrected chi connectivity index (χ1v) is 6.10. The van der Waals surface area contributed by atoms with Gasteiger partial charge in [0.05, 0.1) is 20.0 Å². The summed E-state index contributed by atoms with van der Waals surface area (Å²) in [7, 11) is 0. The SMILES string of the molecule is [2H][C@H]1O[C@@H](n2cnc3c(C)nc(C#CC)nc32)C(O)[C@H]1O. The van der Waals surface area contributed by atoms with Gasteiger partial charge in [0.1, 0.15) is 17.7 Å². The van der Waals surface area contributed by atoms with Crippen molar-refractivity contribution in [2.45, 2.75) is 32.3 Å². The zero-order valence-corrected chi connectivity index (χ0v) is 11.0. The van der Waals surface area contributed by atoms with E-state index in [0.29, 0.717) is 22.7 Å². The van der Waals surface area contributed by atoms with Crippen LogP contribution in [0.5, 0.6) is 0 Å². The van der Waals surface area contributed by atoms with E-state index < -0.39 is 25.0 Å². The molecule has 104 valence electrons. The molecule has 2 aromatic heterocycles. The number of nitrogens with zero attached hydrogens (tertiary/aromatic N) is 4. The molecule has 0 bridgehead atoms. The molecule has 7 nitrogen and oxygen atoms in total. The minimum absolute atomic E-state index is 0.347. The van der Waals surface area contributed by atoms with Crippen molar-refractivity contribution in [2.75, 3.05) is 6.58 Å². The summed E-state index contributed by atoms with van der Waals surface area (Å²) in [5, 5.41) is 19.6. The fraction of sp³-hybridized carbons (Fsp3) is 0.462. The number of imidazole rings is 1. The van der Waals surface area contributed by atoms with Gasteiger partial charge in [-0.25, -0.2) is 15.0 Å². The molecule has 0 spiro atoms. The maximum atomic E-state index is 9.99. The summed E-state index contributed by atoms with van der Waals surface area (Å²) in [5.74, 6) is 5.85. The van der Waals surface area contributed by atoms with Crippen LogP contribution in [0.15, 0.2) is 6.33 Å². The number of aryl methyl sites for hydroxylation is 1. The Kier molecular flexibility index (Phi) is 2.85. The number of hydrogen-bond acceptors (Lipinski definition) is 6. The first-order valence-electron chi connectivity index (χ1n) is 6.68. The van der Waals surface area contributed by atoms with Crippen molar-refractivity contribution in [2.24, 2.45) is 0 Å². The third-order valence-corrected chi connectivity index (χ3v) is 3.11. The van der Waals surface area contributed by atoms with Crippen molar-refractivity contribution in [3.63, 3.8) is 0 Å². The molecule has 3 heterocycles. The Hall–Kier alpha value is -2.01. The minimum atomic E-state index is -1.27. The van der Waals surface area contributed by atoms with Crippen LogP contribution in [0.1, 0.15) is 26.0 Å². The van der Waals surface area contributed by atoms with E-state index in [1.54, 1.807) is 13.8 Å². The molecule has 1 unspecified atom stereocenters. The van der Waals surface area contributed by atoms with Crippen LogP contribution in [0.4, 0.5) is 0 Å². The van der Waals surface area contributed by atoms with Gasteiger partial charge in [-0.2, -0.15) is 0 Å². The van der Waals surface area contributed by atoms with Crippen molar-refractivity contribution >= 4 is 11.2 Å². The second-order valence-corrected chi connectivity index (χ2v) is 4.48. The smallest absolute Gasteiger partial charge is 0.207 e. The summed E-state index contributed by atoms with van der Waals surface area (Å²) in [6, 6.07) is 0. The van der Waals surface area contributed by atoms with Crippen molar-refractivity contribution in [1.29, 1.82) is 0 Å². The lowest BCUT2D eigenvalue weighted by molar-refractivity contribution is -0.0162. The van der Waals surface area contributed by atoms with Crippen LogP contribution >= 0.6 is 0 Å². The molecule has 0 aliphatic carbocycles. The fourth-order valence-corrected chi connectivity index (χ4v) is 2.13. The molecule has 3 rings (SSSR count). The average Bonchev–Trinajstić information content (AvgIpc) is 2.96. The van der Waals surface area contributed by atoms with Crippen LogP contribution < -0.4 is 0 Å². The summed E-state index contributed by atoms with van der Waals surface area (Å²) >= 11 is 0. The van der Waals surface area contributed by atoms with E-state index in [9.17, 15) is 10.2 Å². The average molecular weight is 275 g/mol. The van der Waals surface area contributed by atoms with Crippen molar-refractivity contribution in [1.82, 2.24) is 19.5 Å². The maximum Gasteiger partial charge on any atom is 0.207 e. The van der Waals surface area contributed by atoms with Gasteiger partial charge >= 0.3 is 0 Å². The molecule has 20 heavy (non-hydrogen) atoms. The normalized spacial score (nSPS) is 30.1. The van der Waals surface area contributed by atoms with Gasteiger partial charge in [-0.3, -0.25) is 4.57 Å². The summed E-state index contributed by atoms with van der Waals surface area (Å²) in [6.45, 7) is 2.27. The number of aromatic nitrogens is 4. The molecule has 1 aliphatic heterocycles. The van der Waals surface area contributed by atoms with E-state index in [-0.39, 0.29) is 0 Å². The quantitative estimate of drug-likeness (QED) is 0.698. The standard InChI is InChI=1S/C13H14N4O3/c1-3-4-9-15-7(2)10-12(16-9)17(6-14-10)13-11(19)8(18)5-20-13/h6,8,11,13,18-19H,5H2,1-2H3/t8-,11?,13+/m0/s1/i5D/t5-,8+,11?,13-/m1. The van der Waals surface area contributed by atoms with E-state index in [4.69, 9.17) is 6.11 Å². The molecule has 0 saturated carbocycles. The van der Waals surface area contributed by atoms with Gasteiger partial charge in [-0.1, -0.05) is 5.92 Å². The fourth-order valence-electron chi connectivity index (χ4n) is 2.13. The molecule has 2 N–H and O–H groups in total. The van der Waals surface area contributed by atoms with Crippen molar-refractivity contribution in [3.8, 4) is 11.8 Å². The van der Waals surface area contributed by atoms with E-state index >= 15 is 0 Å². The number of fused-ring (bicyclic) bond motifs is 1. The Morgan fingerprint density at radius 1 is 1.50 bits per heavy atom. The van der Waals surface area contributed by atoms with Crippen LogP contribution in [0.2, 0.25) is 0 Å². The Bertz CT molecular complexity index is 751.